The lowest BCUT2D eigenvalue weighted by Crippen LogP contribution is -2.12. The Hall–Kier alpha value is -1.04. The minimum Gasteiger partial charge on any atom is -0.457 e. The van der Waals surface area contributed by atoms with E-state index in [-0.39, 0.29) is 0 Å². The SMILES string of the molecule is CSc1cccc(Oc2cc(C)c(Br)c(C)c2)c1C(N)=S. The molecule has 2 aromatic carbocycles. The summed E-state index contributed by atoms with van der Waals surface area (Å²) in [5, 5.41) is 0. The molecule has 0 saturated heterocycles. The number of thiocarbonyl (C=S) groups is 1. The van der Waals surface area contributed by atoms with E-state index in [2.05, 4.69) is 15.9 Å². The number of halogens is 1. The Morgan fingerprint density at radius 3 is 2.38 bits per heavy atom. The number of hydrogen-bond acceptors (Lipinski definition) is 3. The molecule has 0 atom stereocenters. The fourth-order valence-corrected chi connectivity index (χ4v) is 3.23. The van der Waals surface area contributed by atoms with Crippen LogP contribution in [0.3, 0.4) is 0 Å². The summed E-state index contributed by atoms with van der Waals surface area (Å²) in [4.78, 5) is 1.37. The summed E-state index contributed by atoms with van der Waals surface area (Å²) in [5.41, 5.74) is 8.90. The molecule has 0 spiro atoms. The van der Waals surface area contributed by atoms with E-state index in [9.17, 15) is 0 Å². The van der Waals surface area contributed by atoms with Gasteiger partial charge in [-0.25, -0.2) is 0 Å². The standard InChI is InChI=1S/C16H16BrNOS2/c1-9-7-11(8-10(2)15(9)17)19-12-5-4-6-13(21-3)14(12)16(18)20/h4-8H,1-3H3,(H2,18,20). The summed E-state index contributed by atoms with van der Waals surface area (Å²) < 4.78 is 7.13. The van der Waals surface area contributed by atoms with Gasteiger partial charge in [-0.2, -0.15) is 0 Å². The average molecular weight is 382 g/mol. The molecule has 2 aromatic rings. The van der Waals surface area contributed by atoms with Gasteiger partial charge < -0.3 is 10.5 Å². The predicted molar refractivity (Wildman–Crippen MR) is 97.8 cm³/mol. The number of aryl methyl sites for hydroxylation is 2. The molecule has 21 heavy (non-hydrogen) atoms. The molecule has 5 heteroatoms. The molecule has 0 radical (unpaired) electrons. The molecule has 0 heterocycles. The van der Waals surface area contributed by atoms with Crippen LogP contribution in [0.2, 0.25) is 0 Å². The van der Waals surface area contributed by atoms with Crippen LogP contribution >= 0.6 is 39.9 Å². The summed E-state index contributed by atoms with van der Waals surface area (Å²) in [5.74, 6) is 1.47. The van der Waals surface area contributed by atoms with Crippen LogP contribution in [0.1, 0.15) is 16.7 Å². The maximum absolute atomic E-state index is 6.03. The molecule has 2 nitrogen and oxygen atoms in total. The second-order valence-electron chi connectivity index (χ2n) is 4.67. The number of benzene rings is 2. The maximum Gasteiger partial charge on any atom is 0.138 e. The van der Waals surface area contributed by atoms with E-state index in [0.717, 1.165) is 31.8 Å². The van der Waals surface area contributed by atoms with E-state index >= 15 is 0 Å². The first-order valence-electron chi connectivity index (χ1n) is 6.35. The Bertz CT molecular complexity index is 678. The van der Waals surface area contributed by atoms with Crippen LogP contribution in [0.25, 0.3) is 0 Å². The van der Waals surface area contributed by atoms with Gasteiger partial charge in [0.25, 0.3) is 0 Å². The highest BCUT2D eigenvalue weighted by atomic mass is 79.9. The van der Waals surface area contributed by atoms with Crippen molar-refractivity contribution in [2.24, 2.45) is 5.73 Å². The average Bonchev–Trinajstić information content (AvgIpc) is 2.44. The van der Waals surface area contributed by atoms with Crippen molar-refractivity contribution in [3.8, 4) is 11.5 Å². The molecule has 0 aliphatic carbocycles. The predicted octanol–water partition coefficient (Wildman–Crippen LogP) is 5.21. The van der Waals surface area contributed by atoms with Gasteiger partial charge in [-0.15, -0.1) is 11.8 Å². The molecule has 0 bridgehead atoms. The van der Waals surface area contributed by atoms with E-state index in [0.29, 0.717) is 10.7 Å². The quantitative estimate of drug-likeness (QED) is 0.581. The molecule has 0 unspecified atom stereocenters. The number of ether oxygens (including phenoxy) is 1. The molecule has 0 aromatic heterocycles. The van der Waals surface area contributed by atoms with Crippen molar-refractivity contribution < 1.29 is 4.74 Å². The third kappa shape index (κ3) is 3.59. The van der Waals surface area contributed by atoms with Gasteiger partial charge in [0.05, 0.1) is 5.56 Å². The van der Waals surface area contributed by atoms with E-state index in [1.807, 2.05) is 50.4 Å². The lowest BCUT2D eigenvalue weighted by Gasteiger charge is -2.15. The zero-order valence-corrected chi connectivity index (χ0v) is 15.3. The fraction of sp³-hybridized carbons (Fsp3) is 0.188. The number of hydrogen-bond donors (Lipinski definition) is 1. The Kier molecular flexibility index (Phi) is 5.30. The topological polar surface area (TPSA) is 35.2 Å². The molecule has 110 valence electrons. The van der Waals surface area contributed by atoms with Gasteiger partial charge in [0.2, 0.25) is 0 Å². The molecular formula is C16H16BrNOS2. The smallest absolute Gasteiger partial charge is 0.138 e. The summed E-state index contributed by atoms with van der Waals surface area (Å²) in [6, 6.07) is 9.81. The number of rotatable bonds is 4. The third-order valence-electron chi connectivity index (χ3n) is 3.09. The number of thioether (sulfide) groups is 1. The number of nitrogens with two attached hydrogens (primary N) is 1. The van der Waals surface area contributed by atoms with Crippen LogP contribution in [0.4, 0.5) is 0 Å². The summed E-state index contributed by atoms with van der Waals surface area (Å²) in [6.45, 7) is 4.08. The van der Waals surface area contributed by atoms with Gasteiger partial charge in [-0.3, -0.25) is 0 Å². The van der Waals surface area contributed by atoms with Gasteiger partial charge in [0, 0.05) is 9.37 Å². The van der Waals surface area contributed by atoms with Crippen LogP contribution in [-0.4, -0.2) is 11.2 Å². The first-order valence-corrected chi connectivity index (χ1v) is 8.78. The molecule has 0 aliphatic rings. The monoisotopic (exact) mass is 381 g/mol. The highest BCUT2D eigenvalue weighted by Gasteiger charge is 2.13. The lowest BCUT2D eigenvalue weighted by molar-refractivity contribution is 0.479. The van der Waals surface area contributed by atoms with E-state index in [4.69, 9.17) is 22.7 Å². The molecule has 0 fully saturated rings. The van der Waals surface area contributed by atoms with Crippen molar-refractivity contribution in [2.45, 2.75) is 18.7 Å². The van der Waals surface area contributed by atoms with Crippen LogP contribution in [0, 0.1) is 13.8 Å². The van der Waals surface area contributed by atoms with Crippen molar-refractivity contribution in [1.29, 1.82) is 0 Å². The van der Waals surface area contributed by atoms with Crippen LogP contribution in [0.15, 0.2) is 39.7 Å². The minimum absolute atomic E-state index is 0.348. The van der Waals surface area contributed by atoms with Gasteiger partial charge in [0.15, 0.2) is 0 Å². The Morgan fingerprint density at radius 2 is 1.86 bits per heavy atom. The normalized spacial score (nSPS) is 10.5. The fourth-order valence-electron chi connectivity index (χ4n) is 2.10. The first-order chi connectivity index (χ1) is 9.93. The second kappa shape index (κ2) is 6.81. The molecule has 0 amide bonds. The zero-order chi connectivity index (χ0) is 15.6. The Morgan fingerprint density at radius 1 is 1.24 bits per heavy atom. The Balaban J connectivity index is 2.47. The maximum atomic E-state index is 6.03. The molecule has 0 saturated carbocycles. The van der Waals surface area contributed by atoms with Gasteiger partial charge >= 0.3 is 0 Å². The van der Waals surface area contributed by atoms with Crippen molar-refractivity contribution in [3.63, 3.8) is 0 Å². The highest BCUT2D eigenvalue weighted by molar-refractivity contribution is 9.10. The van der Waals surface area contributed by atoms with Crippen molar-refractivity contribution in [1.82, 2.24) is 0 Å². The van der Waals surface area contributed by atoms with Gasteiger partial charge in [-0.05, 0) is 55.5 Å². The lowest BCUT2D eigenvalue weighted by atomic mass is 10.1. The van der Waals surface area contributed by atoms with Crippen LogP contribution < -0.4 is 10.5 Å². The minimum atomic E-state index is 0.348. The molecular weight excluding hydrogens is 366 g/mol. The zero-order valence-electron chi connectivity index (χ0n) is 12.1. The third-order valence-corrected chi connectivity index (χ3v) is 5.33. The first kappa shape index (κ1) is 16.3. The van der Waals surface area contributed by atoms with Gasteiger partial charge in [-0.1, -0.05) is 34.2 Å². The van der Waals surface area contributed by atoms with Crippen molar-refractivity contribution >= 4 is 44.9 Å². The second-order valence-corrected chi connectivity index (χ2v) is 6.75. The van der Waals surface area contributed by atoms with E-state index in [1.54, 1.807) is 11.8 Å². The largest absolute Gasteiger partial charge is 0.457 e. The molecule has 2 rings (SSSR count). The van der Waals surface area contributed by atoms with Gasteiger partial charge in [0.1, 0.15) is 16.5 Å². The summed E-state index contributed by atoms with van der Waals surface area (Å²) >= 11 is 10.3. The van der Waals surface area contributed by atoms with Crippen LogP contribution in [-0.2, 0) is 0 Å². The summed E-state index contributed by atoms with van der Waals surface area (Å²) in [7, 11) is 0. The molecule has 2 N–H and O–H groups in total. The van der Waals surface area contributed by atoms with Crippen molar-refractivity contribution in [2.75, 3.05) is 6.26 Å². The van der Waals surface area contributed by atoms with Crippen LogP contribution in [0.5, 0.6) is 11.5 Å². The van der Waals surface area contributed by atoms with E-state index < -0.39 is 0 Å². The summed E-state index contributed by atoms with van der Waals surface area (Å²) in [6.07, 6.45) is 1.99. The Labute approximate surface area is 143 Å². The molecule has 0 aliphatic heterocycles. The van der Waals surface area contributed by atoms with Crippen molar-refractivity contribution in [3.05, 3.63) is 51.5 Å². The highest BCUT2D eigenvalue weighted by Crippen LogP contribution is 2.34. The van der Waals surface area contributed by atoms with E-state index in [1.165, 1.54) is 0 Å².